The van der Waals surface area contributed by atoms with Gasteiger partial charge in [-0.1, -0.05) is 19.9 Å². The van der Waals surface area contributed by atoms with E-state index in [0.29, 0.717) is 17.0 Å². The molecule has 0 aliphatic rings. The zero-order valence-electron chi connectivity index (χ0n) is 22.3. The molecule has 0 saturated carbocycles. The minimum atomic E-state index is -0.648. The van der Waals surface area contributed by atoms with Gasteiger partial charge in [-0.2, -0.15) is 10.4 Å². The normalized spacial score (nSPS) is 11.5. The molecule has 0 unspecified atom stereocenters. The third-order valence-corrected chi connectivity index (χ3v) is 6.98. The fourth-order valence-corrected chi connectivity index (χ4v) is 5.12. The van der Waals surface area contributed by atoms with Gasteiger partial charge < -0.3 is 18.8 Å². The Morgan fingerprint density at radius 3 is 2.54 bits per heavy atom. The quantitative estimate of drug-likeness (QED) is 0.250. The van der Waals surface area contributed by atoms with E-state index >= 15 is 0 Å². The maximum Gasteiger partial charge on any atom is 0.341 e. The number of esters is 1. The predicted molar refractivity (Wildman–Crippen MR) is 146 cm³/mol. The van der Waals surface area contributed by atoms with Crippen LogP contribution in [-0.4, -0.2) is 42.1 Å². The third-order valence-electron chi connectivity index (χ3n) is 6.98. The van der Waals surface area contributed by atoms with Gasteiger partial charge in [0.1, 0.15) is 11.3 Å². The molecule has 2 heterocycles. The molecule has 5 rings (SSSR count). The molecular formula is C30H27FN4O4. The van der Waals surface area contributed by atoms with Gasteiger partial charge >= 0.3 is 5.97 Å². The second-order valence-corrected chi connectivity index (χ2v) is 9.83. The van der Waals surface area contributed by atoms with Crippen LogP contribution >= 0.6 is 0 Å². The van der Waals surface area contributed by atoms with E-state index < -0.39 is 17.2 Å². The van der Waals surface area contributed by atoms with Crippen LogP contribution < -0.4 is 9.47 Å². The van der Waals surface area contributed by atoms with Crippen LogP contribution in [0.2, 0.25) is 0 Å². The molecule has 0 fully saturated rings. The van der Waals surface area contributed by atoms with Gasteiger partial charge in [-0.05, 0) is 42.0 Å². The highest BCUT2D eigenvalue weighted by atomic mass is 19.1. The Bertz CT molecular complexity index is 1780. The van der Waals surface area contributed by atoms with Crippen LogP contribution in [-0.2, 0) is 10.2 Å². The van der Waals surface area contributed by atoms with E-state index in [1.165, 1.54) is 27.4 Å². The molecule has 0 spiro atoms. The zero-order valence-corrected chi connectivity index (χ0v) is 22.3. The number of hydrogen-bond acceptors (Lipinski definition) is 6. The maximum atomic E-state index is 14.5. The highest BCUT2D eigenvalue weighted by Gasteiger charge is 2.33. The largest absolute Gasteiger partial charge is 0.496 e. The van der Waals surface area contributed by atoms with E-state index in [0.717, 1.165) is 38.6 Å². The number of aromatic nitrogens is 3. The molecule has 3 aromatic carbocycles. The van der Waals surface area contributed by atoms with Crippen LogP contribution in [0.5, 0.6) is 11.5 Å². The first kappa shape index (κ1) is 25.8. The average molecular weight is 527 g/mol. The van der Waals surface area contributed by atoms with E-state index in [1.54, 1.807) is 30.5 Å². The summed E-state index contributed by atoms with van der Waals surface area (Å²) in [7, 11) is 4.23. The Balaban J connectivity index is 1.95. The van der Waals surface area contributed by atoms with Crippen LogP contribution in [0.15, 0.2) is 54.7 Å². The van der Waals surface area contributed by atoms with Crippen LogP contribution in [0.25, 0.3) is 38.6 Å². The highest BCUT2D eigenvalue weighted by Crippen LogP contribution is 2.46. The first-order valence-electron chi connectivity index (χ1n) is 12.2. The van der Waals surface area contributed by atoms with E-state index in [4.69, 9.17) is 14.2 Å². The number of carbonyl (C=O) groups is 1. The molecule has 39 heavy (non-hydrogen) atoms. The summed E-state index contributed by atoms with van der Waals surface area (Å²) in [4.78, 5) is 12.4. The van der Waals surface area contributed by atoms with Crippen molar-refractivity contribution in [2.45, 2.75) is 25.7 Å². The lowest BCUT2D eigenvalue weighted by Crippen LogP contribution is -2.22. The first-order chi connectivity index (χ1) is 18.7. The summed E-state index contributed by atoms with van der Waals surface area (Å²) in [6, 6.07) is 16.3. The number of aromatic amines is 1. The van der Waals surface area contributed by atoms with Gasteiger partial charge in [0.05, 0.1) is 44.6 Å². The summed E-state index contributed by atoms with van der Waals surface area (Å²) in [6.07, 6.45) is 1.96. The predicted octanol–water partition coefficient (Wildman–Crippen LogP) is 6.31. The van der Waals surface area contributed by atoms with Crippen molar-refractivity contribution < 1.29 is 23.4 Å². The van der Waals surface area contributed by atoms with Crippen LogP contribution in [0.1, 0.15) is 36.3 Å². The number of rotatable bonds is 7. The molecule has 0 bridgehead atoms. The van der Waals surface area contributed by atoms with Gasteiger partial charge in [0.25, 0.3) is 0 Å². The van der Waals surface area contributed by atoms with Crippen molar-refractivity contribution in [3.05, 3.63) is 71.8 Å². The van der Waals surface area contributed by atoms with E-state index in [-0.39, 0.29) is 12.2 Å². The molecule has 2 aromatic heterocycles. The molecule has 0 saturated heterocycles. The summed E-state index contributed by atoms with van der Waals surface area (Å²) < 4.78 is 32.3. The van der Waals surface area contributed by atoms with Gasteiger partial charge in [0.2, 0.25) is 0 Å². The smallest absolute Gasteiger partial charge is 0.341 e. The number of H-pyrrole nitrogens is 1. The lowest BCUT2D eigenvalue weighted by molar-refractivity contribution is 0.0597. The number of fused-ring (bicyclic) bond motifs is 2. The molecule has 0 amide bonds. The third kappa shape index (κ3) is 4.24. The number of methoxy groups -OCH3 is 3. The van der Waals surface area contributed by atoms with Crippen molar-refractivity contribution in [2.24, 2.45) is 0 Å². The molecule has 0 aliphatic carbocycles. The van der Waals surface area contributed by atoms with Crippen molar-refractivity contribution in [1.29, 1.82) is 5.26 Å². The second kappa shape index (κ2) is 9.80. The van der Waals surface area contributed by atoms with E-state index in [2.05, 4.69) is 16.3 Å². The first-order valence-corrected chi connectivity index (χ1v) is 12.2. The summed E-state index contributed by atoms with van der Waals surface area (Å²) in [5.41, 5.74) is 4.45. The lowest BCUT2D eigenvalue weighted by atomic mass is 9.81. The van der Waals surface area contributed by atoms with Crippen molar-refractivity contribution in [3.8, 4) is 34.4 Å². The topological polar surface area (TPSA) is 102 Å². The Kier molecular flexibility index (Phi) is 6.48. The number of benzene rings is 3. The monoisotopic (exact) mass is 526 g/mol. The van der Waals surface area contributed by atoms with Gasteiger partial charge in [0.15, 0.2) is 11.6 Å². The van der Waals surface area contributed by atoms with Crippen molar-refractivity contribution in [1.82, 2.24) is 14.8 Å². The molecule has 8 nitrogen and oxygen atoms in total. The minimum Gasteiger partial charge on any atom is -0.496 e. The summed E-state index contributed by atoms with van der Waals surface area (Å²) in [5.74, 6) is -0.525. The molecule has 9 heteroatoms. The molecule has 0 radical (unpaired) electrons. The second-order valence-electron chi connectivity index (χ2n) is 9.83. The number of ether oxygens (including phenoxy) is 3. The zero-order chi connectivity index (χ0) is 27.9. The van der Waals surface area contributed by atoms with Crippen LogP contribution in [0, 0.1) is 17.1 Å². The number of halogens is 1. The van der Waals surface area contributed by atoms with E-state index in [9.17, 15) is 14.4 Å². The number of nitrogens with zero attached hydrogens (tertiary/aromatic N) is 3. The maximum absolute atomic E-state index is 14.5. The molecule has 0 atom stereocenters. The molecule has 1 N–H and O–H groups in total. The minimum absolute atomic E-state index is 0.105. The van der Waals surface area contributed by atoms with Gasteiger partial charge in [-0.15, -0.1) is 0 Å². The van der Waals surface area contributed by atoms with Crippen molar-refractivity contribution >= 4 is 27.8 Å². The summed E-state index contributed by atoms with van der Waals surface area (Å²) in [5, 5.41) is 18.8. The fraction of sp³-hybridized carbons (Fsp3) is 0.233. The Morgan fingerprint density at radius 2 is 1.85 bits per heavy atom. The Hall–Kier alpha value is -4.84. The van der Waals surface area contributed by atoms with Crippen LogP contribution in [0.4, 0.5) is 4.39 Å². The molecule has 5 aromatic rings. The van der Waals surface area contributed by atoms with Crippen molar-refractivity contribution in [3.63, 3.8) is 0 Å². The number of hydrogen-bond donors (Lipinski definition) is 1. The number of nitriles is 1. The Labute approximate surface area is 224 Å². The summed E-state index contributed by atoms with van der Waals surface area (Å²) >= 11 is 0. The van der Waals surface area contributed by atoms with Crippen LogP contribution in [0.3, 0.4) is 0 Å². The Morgan fingerprint density at radius 1 is 1.08 bits per heavy atom. The number of carbonyl (C=O) groups excluding carboxylic acids is 1. The van der Waals surface area contributed by atoms with E-state index in [1.807, 2.05) is 36.6 Å². The fourth-order valence-electron chi connectivity index (χ4n) is 5.12. The molecule has 0 aliphatic heterocycles. The molecule has 198 valence electrons. The molecular weight excluding hydrogens is 499 g/mol. The summed E-state index contributed by atoms with van der Waals surface area (Å²) in [6.45, 7) is 4.00. The number of nitrogens with one attached hydrogen (secondary N) is 1. The highest BCUT2D eigenvalue weighted by molar-refractivity contribution is 6.06. The van der Waals surface area contributed by atoms with Crippen molar-refractivity contribution in [2.75, 3.05) is 21.3 Å². The van der Waals surface area contributed by atoms with Gasteiger partial charge in [0, 0.05) is 45.6 Å². The van der Waals surface area contributed by atoms with Gasteiger partial charge in [-0.25, -0.2) is 9.18 Å². The average Bonchev–Trinajstić information content (AvgIpc) is 3.53. The SMILES string of the molecule is COC(=O)c1ccc(-c2c(C(C)(C)CC#N)n(-c3ccc(F)c(OC)c3)c3cc4cn[nH]c4cc23)cc1OC. The lowest BCUT2D eigenvalue weighted by Gasteiger charge is -2.27. The van der Waals surface area contributed by atoms with Gasteiger partial charge in [-0.3, -0.25) is 5.10 Å². The standard InChI is InChI=1S/C30H27FN4O4/c1-30(2,10-11-32)28-27(17-6-8-20(29(36)39-5)25(13-17)37-3)21-15-23-18(16-33-34-23)12-24(21)35(28)19-7-9-22(31)26(14-19)38-4/h6-9,12-16H,10H2,1-5H3,(H,33,34).